The Morgan fingerprint density at radius 1 is 1.46 bits per heavy atom. The van der Waals surface area contributed by atoms with E-state index in [2.05, 4.69) is 5.32 Å². The molecular formula is C9H9F2NO. The van der Waals surface area contributed by atoms with Crippen LogP contribution in [0.4, 0.5) is 14.5 Å². The van der Waals surface area contributed by atoms with E-state index < -0.39 is 11.6 Å². The molecule has 2 nitrogen and oxygen atoms in total. The number of benzene rings is 1. The zero-order chi connectivity index (χ0) is 9.42. The number of rotatable bonds is 0. The number of anilines is 1. The second-order valence-corrected chi connectivity index (χ2v) is 3.07. The quantitative estimate of drug-likeness (QED) is 0.668. The van der Waals surface area contributed by atoms with E-state index in [1.54, 1.807) is 0 Å². The molecule has 1 heterocycles. The van der Waals surface area contributed by atoms with Crippen LogP contribution in [0.3, 0.4) is 0 Å². The third-order valence-electron chi connectivity index (χ3n) is 1.91. The first-order chi connectivity index (χ1) is 6.16. The van der Waals surface area contributed by atoms with Crippen LogP contribution < -0.4 is 10.1 Å². The minimum Gasteiger partial charge on any atom is -0.484 e. The Balaban J connectivity index is 2.47. The molecule has 1 unspecified atom stereocenters. The van der Waals surface area contributed by atoms with Gasteiger partial charge in [-0.2, -0.15) is 0 Å². The number of halogens is 2. The van der Waals surface area contributed by atoms with Gasteiger partial charge in [-0.3, -0.25) is 0 Å². The molecule has 0 spiro atoms. The Hall–Kier alpha value is -1.32. The van der Waals surface area contributed by atoms with Crippen molar-refractivity contribution in [3.8, 4) is 5.75 Å². The Bertz CT molecular complexity index is 341. The monoisotopic (exact) mass is 185 g/mol. The number of nitrogens with one attached hydrogen (secondary N) is 1. The molecule has 1 aromatic carbocycles. The highest BCUT2D eigenvalue weighted by atomic mass is 19.1. The van der Waals surface area contributed by atoms with Crippen molar-refractivity contribution >= 4 is 5.69 Å². The molecule has 0 saturated carbocycles. The second kappa shape index (κ2) is 2.87. The highest BCUT2D eigenvalue weighted by Gasteiger charge is 2.20. The van der Waals surface area contributed by atoms with E-state index in [0.29, 0.717) is 12.2 Å². The molecule has 1 aromatic rings. The summed E-state index contributed by atoms with van der Waals surface area (Å²) in [5.41, 5.74) is 0.385. The zero-order valence-corrected chi connectivity index (χ0v) is 7.10. The van der Waals surface area contributed by atoms with Gasteiger partial charge in [0.05, 0.1) is 12.2 Å². The molecule has 13 heavy (non-hydrogen) atoms. The number of fused-ring (bicyclic) bond motifs is 1. The van der Waals surface area contributed by atoms with Crippen LogP contribution >= 0.6 is 0 Å². The minimum absolute atomic E-state index is 0.0903. The van der Waals surface area contributed by atoms with Gasteiger partial charge < -0.3 is 10.1 Å². The maximum Gasteiger partial charge on any atom is 0.178 e. The van der Waals surface area contributed by atoms with Gasteiger partial charge in [-0.15, -0.1) is 0 Å². The fourth-order valence-electron chi connectivity index (χ4n) is 1.31. The average molecular weight is 185 g/mol. The summed E-state index contributed by atoms with van der Waals surface area (Å²) in [7, 11) is 0. The SMILES string of the molecule is CC1CNc2cc(F)cc(F)c2O1. The predicted octanol–water partition coefficient (Wildman–Crippen LogP) is 2.16. The highest BCUT2D eigenvalue weighted by Crippen LogP contribution is 2.32. The van der Waals surface area contributed by atoms with Crippen molar-refractivity contribution in [2.24, 2.45) is 0 Å². The molecule has 0 saturated heterocycles. The summed E-state index contributed by atoms with van der Waals surface area (Å²) in [5, 5.41) is 2.89. The van der Waals surface area contributed by atoms with Crippen molar-refractivity contribution in [3.63, 3.8) is 0 Å². The second-order valence-electron chi connectivity index (χ2n) is 3.07. The van der Waals surface area contributed by atoms with E-state index in [1.807, 2.05) is 6.92 Å². The molecule has 1 aliphatic heterocycles. The van der Waals surface area contributed by atoms with Crippen LogP contribution in [0, 0.1) is 11.6 Å². The lowest BCUT2D eigenvalue weighted by Gasteiger charge is -2.24. The summed E-state index contributed by atoms with van der Waals surface area (Å²) in [6.45, 7) is 2.38. The summed E-state index contributed by atoms with van der Waals surface area (Å²) in [4.78, 5) is 0. The van der Waals surface area contributed by atoms with E-state index >= 15 is 0 Å². The Labute approximate surface area is 74.5 Å². The molecule has 4 heteroatoms. The highest BCUT2D eigenvalue weighted by molar-refractivity contribution is 5.58. The number of ether oxygens (including phenoxy) is 1. The van der Waals surface area contributed by atoms with Crippen molar-refractivity contribution < 1.29 is 13.5 Å². The lowest BCUT2D eigenvalue weighted by molar-refractivity contribution is 0.215. The topological polar surface area (TPSA) is 21.3 Å². The molecule has 0 bridgehead atoms. The maximum absolute atomic E-state index is 13.1. The Morgan fingerprint density at radius 2 is 2.23 bits per heavy atom. The van der Waals surface area contributed by atoms with Crippen LogP contribution in [-0.2, 0) is 0 Å². The maximum atomic E-state index is 13.1. The first kappa shape index (κ1) is 8.29. The molecule has 0 radical (unpaired) electrons. The van der Waals surface area contributed by atoms with Crippen LogP contribution in [0.25, 0.3) is 0 Å². The molecule has 0 fully saturated rings. The van der Waals surface area contributed by atoms with Crippen molar-refractivity contribution in [3.05, 3.63) is 23.8 Å². The molecular weight excluding hydrogens is 176 g/mol. The van der Waals surface area contributed by atoms with E-state index in [-0.39, 0.29) is 11.9 Å². The van der Waals surface area contributed by atoms with Gasteiger partial charge in [0, 0.05) is 12.1 Å². The largest absolute Gasteiger partial charge is 0.484 e. The van der Waals surface area contributed by atoms with Crippen molar-refractivity contribution in [2.75, 3.05) is 11.9 Å². The molecule has 0 amide bonds. The molecule has 1 atom stereocenters. The van der Waals surface area contributed by atoms with Crippen LogP contribution in [0.2, 0.25) is 0 Å². The summed E-state index contributed by atoms with van der Waals surface area (Å²) in [6, 6.07) is 2.04. The minimum atomic E-state index is -0.658. The summed E-state index contributed by atoms with van der Waals surface area (Å²) in [5.74, 6) is -1.14. The lowest BCUT2D eigenvalue weighted by atomic mass is 10.2. The van der Waals surface area contributed by atoms with Gasteiger partial charge in [0.1, 0.15) is 11.9 Å². The van der Waals surface area contributed by atoms with Crippen LogP contribution in [0.15, 0.2) is 12.1 Å². The van der Waals surface area contributed by atoms with E-state index in [4.69, 9.17) is 4.74 Å². The molecule has 70 valence electrons. The fourth-order valence-corrected chi connectivity index (χ4v) is 1.31. The first-order valence-electron chi connectivity index (χ1n) is 4.06. The van der Waals surface area contributed by atoms with Crippen LogP contribution in [0.5, 0.6) is 5.75 Å². The predicted molar refractivity (Wildman–Crippen MR) is 44.9 cm³/mol. The van der Waals surface area contributed by atoms with Crippen molar-refractivity contribution in [2.45, 2.75) is 13.0 Å². The van der Waals surface area contributed by atoms with Gasteiger partial charge in [0.15, 0.2) is 11.6 Å². The van der Waals surface area contributed by atoms with Crippen LogP contribution in [0.1, 0.15) is 6.92 Å². The van der Waals surface area contributed by atoms with Gasteiger partial charge in [-0.05, 0) is 6.92 Å². The van der Waals surface area contributed by atoms with Crippen molar-refractivity contribution in [1.82, 2.24) is 0 Å². The normalized spacial score (nSPS) is 20.1. The van der Waals surface area contributed by atoms with E-state index in [0.717, 1.165) is 6.07 Å². The van der Waals surface area contributed by atoms with Gasteiger partial charge in [-0.25, -0.2) is 8.78 Å². The Morgan fingerprint density at radius 3 is 3.00 bits per heavy atom. The van der Waals surface area contributed by atoms with E-state index in [9.17, 15) is 8.78 Å². The molecule has 0 aromatic heterocycles. The van der Waals surface area contributed by atoms with Crippen LogP contribution in [-0.4, -0.2) is 12.6 Å². The molecule has 1 aliphatic rings. The fraction of sp³-hybridized carbons (Fsp3) is 0.333. The molecule has 1 N–H and O–H groups in total. The molecule has 2 rings (SSSR count). The summed E-state index contributed by atoms with van der Waals surface area (Å²) >= 11 is 0. The van der Waals surface area contributed by atoms with Crippen molar-refractivity contribution in [1.29, 1.82) is 0 Å². The van der Waals surface area contributed by atoms with Gasteiger partial charge in [0.2, 0.25) is 0 Å². The van der Waals surface area contributed by atoms with Gasteiger partial charge in [0.25, 0.3) is 0 Å². The Kier molecular flexibility index (Phi) is 1.83. The first-order valence-corrected chi connectivity index (χ1v) is 4.06. The van der Waals surface area contributed by atoms with E-state index in [1.165, 1.54) is 6.07 Å². The standard InChI is InChI=1S/C9H9F2NO/c1-5-4-12-8-3-6(10)2-7(11)9(8)13-5/h2-3,5,12H,4H2,1H3. The smallest absolute Gasteiger partial charge is 0.178 e. The van der Waals surface area contributed by atoms with Gasteiger partial charge >= 0.3 is 0 Å². The van der Waals surface area contributed by atoms with Gasteiger partial charge in [-0.1, -0.05) is 0 Å². The number of hydrogen-bond acceptors (Lipinski definition) is 2. The lowest BCUT2D eigenvalue weighted by Crippen LogP contribution is -2.28. The average Bonchev–Trinajstić information content (AvgIpc) is 2.06. The third kappa shape index (κ3) is 1.43. The molecule has 0 aliphatic carbocycles. The summed E-state index contributed by atoms with van der Waals surface area (Å²) in [6.07, 6.45) is -0.0903. The number of hydrogen-bond donors (Lipinski definition) is 1. The summed E-state index contributed by atoms with van der Waals surface area (Å²) < 4.78 is 31.0. The zero-order valence-electron chi connectivity index (χ0n) is 7.10. The third-order valence-corrected chi connectivity index (χ3v) is 1.91.